The molecular formula is C15H23NO4. The zero-order valence-electron chi connectivity index (χ0n) is 12.8. The maximum absolute atomic E-state index is 11.2. The number of rotatable bonds is 6. The third-order valence-electron chi connectivity index (χ3n) is 2.65. The molecule has 0 radical (unpaired) electrons. The Morgan fingerprint density at radius 1 is 1.25 bits per heavy atom. The lowest BCUT2D eigenvalue weighted by atomic mass is 10.1. The molecule has 0 amide bonds. The van der Waals surface area contributed by atoms with E-state index < -0.39 is 5.97 Å². The molecule has 0 fully saturated rings. The summed E-state index contributed by atoms with van der Waals surface area (Å²) in [6.07, 6.45) is 0. The van der Waals surface area contributed by atoms with E-state index in [1.54, 1.807) is 13.2 Å². The van der Waals surface area contributed by atoms with Gasteiger partial charge in [-0.05, 0) is 26.8 Å². The van der Waals surface area contributed by atoms with Crippen molar-refractivity contribution in [2.24, 2.45) is 0 Å². The summed E-state index contributed by atoms with van der Waals surface area (Å²) >= 11 is 0. The van der Waals surface area contributed by atoms with Gasteiger partial charge in [-0.15, -0.1) is 0 Å². The minimum atomic E-state index is -0.425. The monoisotopic (exact) mass is 281 g/mol. The van der Waals surface area contributed by atoms with Gasteiger partial charge in [0.05, 0.1) is 14.2 Å². The number of carbonyl (C=O) groups is 1. The first-order valence-electron chi connectivity index (χ1n) is 6.48. The van der Waals surface area contributed by atoms with E-state index in [2.05, 4.69) is 30.8 Å². The van der Waals surface area contributed by atoms with Crippen LogP contribution in [-0.4, -0.2) is 32.3 Å². The van der Waals surface area contributed by atoms with Crippen molar-refractivity contribution in [1.29, 1.82) is 0 Å². The van der Waals surface area contributed by atoms with E-state index in [1.807, 2.05) is 12.1 Å². The highest BCUT2D eigenvalue weighted by Gasteiger charge is 2.15. The molecule has 0 spiro atoms. The number of para-hydroxylation sites is 1. The van der Waals surface area contributed by atoms with Crippen LogP contribution in [0.25, 0.3) is 0 Å². The summed E-state index contributed by atoms with van der Waals surface area (Å²) in [5.41, 5.74) is 0.922. The van der Waals surface area contributed by atoms with Crippen LogP contribution in [0.1, 0.15) is 26.3 Å². The van der Waals surface area contributed by atoms with Gasteiger partial charge in [0.25, 0.3) is 0 Å². The van der Waals surface area contributed by atoms with Gasteiger partial charge in [0.15, 0.2) is 18.1 Å². The second-order valence-electron chi connectivity index (χ2n) is 5.42. The van der Waals surface area contributed by atoms with Crippen molar-refractivity contribution < 1.29 is 19.0 Å². The summed E-state index contributed by atoms with van der Waals surface area (Å²) in [6.45, 7) is 6.74. The Labute approximate surface area is 120 Å². The Balaban J connectivity index is 2.89. The average molecular weight is 281 g/mol. The molecule has 1 N–H and O–H groups in total. The second kappa shape index (κ2) is 7.14. The summed E-state index contributed by atoms with van der Waals surface area (Å²) in [5, 5.41) is 3.38. The van der Waals surface area contributed by atoms with Crippen LogP contribution < -0.4 is 14.8 Å². The van der Waals surface area contributed by atoms with E-state index in [0.29, 0.717) is 18.0 Å². The number of carbonyl (C=O) groups excluding carboxylic acids is 1. The van der Waals surface area contributed by atoms with E-state index in [-0.39, 0.29) is 12.1 Å². The van der Waals surface area contributed by atoms with E-state index >= 15 is 0 Å². The first kappa shape index (κ1) is 16.3. The standard InChI is InChI=1S/C15H23NO4/c1-15(2,3)16-9-11-7-6-8-12(18-4)14(11)20-10-13(17)19-5/h6-8,16H,9-10H2,1-5H3. The minimum absolute atomic E-state index is 0.0112. The molecule has 0 aliphatic rings. The van der Waals surface area contributed by atoms with Crippen molar-refractivity contribution in [2.75, 3.05) is 20.8 Å². The van der Waals surface area contributed by atoms with E-state index in [4.69, 9.17) is 9.47 Å². The lowest BCUT2D eigenvalue weighted by Gasteiger charge is -2.22. The Morgan fingerprint density at radius 2 is 1.95 bits per heavy atom. The molecule has 0 atom stereocenters. The van der Waals surface area contributed by atoms with Crippen LogP contribution in [0.15, 0.2) is 18.2 Å². The molecule has 1 aromatic carbocycles. The van der Waals surface area contributed by atoms with Crippen LogP contribution in [-0.2, 0) is 16.1 Å². The Hall–Kier alpha value is -1.75. The van der Waals surface area contributed by atoms with Crippen molar-refractivity contribution in [2.45, 2.75) is 32.9 Å². The third-order valence-corrected chi connectivity index (χ3v) is 2.65. The molecule has 0 aliphatic heterocycles. The molecule has 0 aromatic heterocycles. The molecule has 1 aromatic rings. The molecule has 20 heavy (non-hydrogen) atoms. The molecule has 0 aliphatic carbocycles. The van der Waals surface area contributed by atoms with Crippen molar-refractivity contribution in [3.8, 4) is 11.5 Å². The highest BCUT2D eigenvalue weighted by molar-refractivity contribution is 5.71. The van der Waals surface area contributed by atoms with Crippen molar-refractivity contribution >= 4 is 5.97 Å². The number of hydrogen-bond acceptors (Lipinski definition) is 5. The fourth-order valence-corrected chi connectivity index (χ4v) is 1.58. The van der Waals surface area contributed by atoms with Crippen LogP contribution in [0.4, 0.5) is 0 Å². The lowest BCUT2D eigenvalue weighted by molar-refractivity contribution is -0.142. The smallest absolute Gasteiger partial charge is 0.343 e. The maximum Gasteiger partial charge on any atom is 0.343 e. The molecule has 0 saturated heterocycles. The molecule has 0 unspecified atom stereocenters. The molecule has 0 bridgehead atoms. The minimum Gasteiger partial charge on any atom is -0.493 e. The lowest BCUT2D eigenvalue weighted by Crippen LogP contribution is -2.35. The highest BCUT2D eigenvalue weighted by atomic mass is 16.6. The maximum atomic E-state index is 11.2. The second-order valence-corrected chi connectivity index (χ2v) is 5.42. The van der Waals surface area contributed by atoms with Gasteiger partial charge in [-0.25, -0.2) is 4.79 Å². The predicted octanol–water partition coefficient (Wildman–Crippen LogP) is 2.14. The van der Waals surface area contributed by atoms with Crippen LogP contribution >= 0.6 is 0 Å². The van der Waals surface area contributed by atoms with Gasteiger partial charge in [-0.1, -0.05) is 12.1 Å². The largest absolute Gasteiger partial charge is 0.493 e. The zero-order chi connectivity index (χ0) is 15.2. The average Bonchev–Trinajstić information content (AvgIpc) is 2.41. The molecule has 5 heteroatoms. The van der Waals surface area contributed by atoms with Crippen LogP contribution in [0.2, 0.25) is 0 Å². The summed E-state index contributed by atoms with van der Waals surface area (Å²) in [7, 11) is 2.90. The molecule has 0 heterocycles. The van der Waals surface area contributed by atoms with Crippen LogP contribution in [0.3, 0.4) is 0 Å². The van der Waals surface area contributed by atoms with E-state index in [1.165, 1.54) is 7.11 Å². The van der Waals surface area contributed by atoms with Crippen LogP contribution in [0, 0.1) is 0 Å². The molecule has 1 rings (SSSR count). The van der Waals surface area contributed by atoms with Gasteiger partial charge in [0, 0.05) is 17.6 Å². The first-order chi connectivity index (χ1) is 9.37. The number of ether oxygens (including phenoxy) is 3. The fraction of sp³-hybridized carbons (Fsp3) is 0.533. The quantitative estimate of drug-likeness (QED) is 0.810. The number of benzene rings is 1. The van der Waals surface area contributed by atoms with Crippen LogP contribution in [0.5, 0.6) is 11.5 Å². The Kier molecular flexibility index (Phi) is 5.82. The summed E-state index contributed by atoms with van der Waals surface area (Å²) in [4.78, 5) is 11.2. The molecule has 0 saturated carbocycles. The van der Waals surface area contributed by atoms with Gasteiger partial charge in [0.2, 0.25) is 0 Å². The van der Waals surface area contributed by atoms with Crippen molar-refractivity contribution in [3.05, 3.63) is 23.8 Å². The zero-order valence-corrected chi connectivity index (χ0v) is 12.8. The van der Waals surface area contributed by atoms with Gasteiger partial charge >= 0.3 is 5.97 Å². The molecule has 5 nitrogen and oxygen atoms in total. The summed E-state index contributed by atoms with van der Waals surface area (Å²) in [6, 6.07) is 5.63. The predicted molar refractivity (Wildman–Crippen MR) is 77.1 cm³/mol. The number of nitrogens with one attached hydrogen (secondary N) is 1. The van der Waals surface area contributed by atoms with Gasteiger partial charge < -0.3 is 19.5 Å². The van der Waals surface area contributed by atoms with Crippen molar-refractivity contribution in [3.63, 3.8) is 0 Å². The Bertz CT molecular complexity index is 452. The third kappa shape index (κ3) is 5.09. The SMILES string of the molecule is COC(=O)COc1c(CNC(C)(C)C)cccc1OC. The fourth-order valence-electron chi connectivity index (χ4n) is 1.58. The topological polar surface area (TPSA) is 56.8 Å². The first-order valence-corrected chi connectivity index (χ1v) is 6.48. The van der Waals surface area contributed by atoms with E-state index in [0.717, 1.165) is 5.56 Å². The summed E-state index contributed by atoms with van der Waals surface area (Å²) < 4.78 is 15.4. The van der Waals surface area contributed by atoms with Crippen molar-refractivity contribution in [1.82, 2.24) is 5.32 Å². The highest BCUT2D eigenvalue weighted by Crippen LogP contribution is 2.31. The van der Waals surface area contributed by atoms with Gasteiger partial charge in [0.1, 0.15) is 0 Å². The molecular weight excluding hydrogens is 258 g/mol. The van der Waals surface area contributed by atoms with Gasteiger partial charge in [-0.2, -0.15) is 0 Å². The number of esters is 1. The Morgan fingerprint density at radius 3 is 2.50 bits per heavy atom. The normalized spacial score (nSPS) is 11.1. The van der Waals surface area contributed by atoms with E-state index in [9.17, 15) is 4.79 Å². The van der Waals surface area contributed by atoms with Gasteiger partial charge in [-0.3, -0.25) is 0 Å². The summed E-state index contributed by atoms with van der Waals surface area (Å²) in [5.74, 6) is 0.741. The number of hydrogen-bond donors (Lipinski definition) is 1. The molecule has 112 valence electrons. The number of methoxy groups -OCH3 is 2.